The van der Waals surface area contributed by atoms with Gasteiger partial charge < -0.3 is 5.73 Å². The Morgan fingerprint density at radius 2 is 1.92 bits per heavy atom. The fraction of sp³-hybridized carbons (Fsp3) is 0.300. The Hall–Kier alpha value is -1.31. The van der Waals surface area contributed by atoms with E-state index in [1.165, 1.54) is 0 Å². The molecular weight excluding hydrogens is 148 g/mol. The molecule has 0 fully saturated rings. The van der Waals surface area contributed by atoms with Crippen LogP contribution in [0.25, 0.3) is 0 Å². The fourth-order valence-corrected chi connectivity index (χ4v) is 0.744. The van der Waals surface area contributed by atoms with Crippen LogP contribution >= 0.6 is 0 Å². The molecule has 0 unspecified atom stereocenters. The van der Waals surface area contributed by atoms with Gasteiger partial charge in [-0.1, -0.05) is 26.0 Å². The molecule has 0 aliphatic carbocycles. The van der Waals surface area contributed by atoms with E-state index in [0.717, 1.165) is 11.4 Å². The van der Waals surface area contributed by atoms with Crippen molar-refractivity contribution < 1.29 is 1.43 Å². The minimum atomic E-state index is 0. The molecule has 0 heterocycles. The van der Waals surface area contributed by atoms with E-state index >= 15 is 0 Å². The van der Waals surface area contributed by atoms with E-state index in [0.29, 0.717) is 0 Å². The predicted octanol–water partition coefficient (Wildman–Crippen LogP) is 3.26. The molecule has 1 rings (SSSR count). The van der Waals surface area contributed by atoms with Crippen LogP contribution in [0, 0.1) is 0 Å². The second-order valence-corrected chi connectivity index (χ2v) is 1.95. The van der Waals surface area contributed by atoms with Crippen molar-refractivity contribution in [3.8, 4) is 0 Å². The third-order valence-electron chi connectivity index (χ3n) is 1.20. The van der Waals surface area contributed by atoms with Crippen LogP contribution in [0.3, 0.4) is 0 Å². The first-order valence-electron chi connectivity index (χ1n) is 4.18. The molecule has 0 aliphatic rings. The van der Waals surface area contributed by atoms with Crippen molar-refractivity contribution in [2.45, 2.75) is 20.8 Å². The maximum Gasteiger partial charge on any atom is 0.0854 e. The number of rotatable bonds is 1. The lowest BCUT2D eigenvalue weighted by molar-refractivity contribution is 1.50. The molecule has 0 saturated heterocycles. The average Bonchev–Trinajstić information content (AvgIpc) is 2.13. The van der Waals surface area contributed by atoms with Crippen LogP contribution in [-0.4, -0.2) is 6.21 Å². The summed E-state index contributed by atoms with van der Waals surface area (Å²) in [4.78, 5) is 4.06. The second kappa shape index (κ2) is 6.40. The lowest BCUT2D eigenvalue weighted by Crippen LogP contribution is -1.83. The lowest BCUT2D eigenvalue weighted by atomic mass is 10.3. The van der Waals surface area contributed by atoms with Crippen molar-refractivity contribution in [1.29, 1.82) is 0 Å². The standard InChI is InChI=1S/C8H10N2.C2H6.H2/c1-2-10-8-6-4-3-5-7(8)9;1-2;/h2-6H,9H2,1H3;1-2H3;1H. The van der Waals surface area contributed by atoms with Crippen LogP contribution in [0.1, 0.15) is 22.2 Å². The summed E-state index contributed by atoms with van der Waals surface area (Å²) in [5.74, 6) is 0. The molecule has 68 valence electrons. The summed E-state index contributed by atoms with van der Waals surface area (Å²) in [5.41, 5.74) is 7.15. The topological polar surface area (TPSA) is 38.4 Å². The van der Waals surface area contributed by atoms with Gasteiger partial charge in [0.25, 0.3) is 0 Å². The van der Waals surface area contributed by atoms with E-state index in [1.807, 2.05) is 45.0 Å². The Bertz CT molecular complexity index is 246. The smallest absolute Gasteiger partial charge is 0.0854 e. The van der Waals surface area contributed by atoms with Crippen LogP contribution < -0.4 is 5.73 Å². The number of anilines is 1. The van der Waals surface area contributed by atoms with Crippen molar-refractivity contribution in [1.82, 2.24) is 0 Å². The molecule has 0 bridgehead atoms. The number of hydrogen-bond acceptors (Lipinski definition) is 2. The van der Waals surface area contributed by atoms with Gasteiger partial charge in [-0.05, 0) is 19.1 Å². The van der Waals surface area contributed by atoms with E-state index in [4.69, 9.17) is 5.73 Å². The van der Waals surface area contributed by atoms with E-state index in [2.05, 4.69) is 4.99 Å². The van der Waals surface area contributed by atoms with Crippen LogP contribution in [0.4, 0.5) is 11.4 Å². The van der Waals surface area contributed by atoms with Gasteiger partial charge in [0.2, 0.25) is 0 Å². The monoisotopic (exact) mass is 166 g/mol. The predicted molar refractivity (Wildman–Crippen MR) is 58.1 cm³/mol. The summed E-state index contributed by atoms with van der Waals surface area (Å²) in [6.45, 7) is 5.87. The van der Waals surface area contributed by atoms with Gasteiger partial charge in [0.1, 0.15) is 0 Å². The summed E-state index contributed by atoms with van der Waals surface area (Å²) < 4.78 is 0. The first-order chi connectivity index (χ1) is 5.84. The van der Waals surface area contributed by atoms with E-state index < -0.39 is 0 Å². The van der Waals surface area contributed by atoms with Gasteiger partial charge in [0, 0.05) is 7.64 Å². The van der Waals surface area contributed by atoms with Crippen molar-refractivity contribution >= 4 is 17.6 Å². The maximum absolute atomic E-state index is 5.59. The Kier molecular flexibility index (Phi) is 5.70. The number of nitrogens with zero attached hydrogens (tertiary/aromatic N) is 1. The number of nitrogen functional groups attached to an aromatic ring is 1. The van der Waals surface area contributed by atoms with Crippen molar-refractivity contribution in [3.63, 3.8) is 0 Å². The molecule has 0 aromatic heterocycles. The van der Waals surface area contributed by atoms with Crippen molar-refractivity contribution in [2.24, 2.45) is 4.99 Å². The normalized spacial score (nSPS) is 9.25. The molecule has 12 heavy (non-hydrogen) atoms. The van der Waals surface area contributed by atoms with Gasteiger partial charge in [-0.3, -0.25) is 4.99 Å². The van der Waals surface area contributed by atoms with Crippen LogP contribution in [-0.2, 0) is 0 Å². The molecule has 0 saturated carbocycles. The van der Waals surface area contributed by atoms with Gasteiger partial charge in [0.05, 0.1) is 11.4 Å². The van der Waals surface area contributed by atoms with E-state index in [9.17, 15) is 0 Å². The summed E-state index contributed by atoms with van der Waals surface area (Å²) in [6.07, 6.45) is 1.73. The highest BCUT2D eigenvalue weighted by Gasteiger charge is 1.89. The van der Waals surface area contributed by atoms with Crippen molar-refractivity contribution in [3.05, 3.63) is 24.3 Å². The van der Waals surface area contributed by atoms with Gasteiger partial charge in [-0.15, -0.1) is 0 Å². The van der Waals surface area contributed by atoms with Crippen molar-refractivity contribution in [2.75, 3.05) is 5.73 Å². The zero-order valence-electron chi connectivity index (χ0n) is 7.91. The molecule has 0 radical (unpaired) electrons. The quantitative estimate of drug-likeness (QED) is 0.504. The average molecular weight is 166 g/mol. The number of benzene rings is 1. The Morgan fingerprint density at radius 1 is 1.33 bits per heavy atom. The molecular formula is C10H18N2. The second-order valence-electron chi connectivity index (χ2n) is 1.95. The maximum atomic E-state index is 5.59. The molecule has 2 heteroatoms. The molecule has 2 nitrogen and oxygen atoms in total. The van der Waals surface area contributed by atoms with Crippen LogP contribution in [0.5, 0.6) is 0 Å². The Morgan fingerprint density at radius 3 is 2.42 bits per heavy atom. The van der Waals surface area contributed by atoms with Gasteiger partial charge in [-0.25, -0.2) is 0 Å². The summed E-state index contributed by atoms with van der Waals surface area (Å²) in [7, 11) is 0. The van der Waals surface area contributed by atoms with E-state index in [-0.39, 0.29) is 1.43 Å². The zero-order valence-corrected chi connectivity index (χ0v) is 7.91. The highest BCUT2D eigenvalue weighted by atomic mass is 14.8. The number of hydrogen-bond donors (Lipinski definition) is 1. The lowest BCUT2D eigenvalue weighted by Gasteiger charge is -1.95. The van der Waals surface area contributed by atoms with Gasteiger partial charge in [-0.2, -0.15) is 0 Å². The first kappa shape index (κ1) is 10.7. The number of aliphatic imine (C=N–C) groups is 1. The highest BCUT2D eigenvalue weighted by molar-refractivity contribution is 5.69. The zero-order chi connectivity index (χ0) is 9.40. The van der Waals surface area contributed by atoms with Crippen LogP contribution in [0.2, 0.25) is 0 Å². The largest absolute Gasteiger partial charge is 0.397 e. The van der Waals surface area contributed by atoms with Crippen LogP contribution in [0.15, 0.2) is 29.3 Å². The molecule has 1 aromatic rings. The minimum absolute atomic E-state index is 0. The minimum Gasteiger partial charge on any atom is -0.397 e. The summed E-state index contributed by atoms with van der Waals surface area (Å²) in [5, 5.41) is 0. The van der Waals surface area contributed by atoms with Gasteiger partial charge in [0.15, 0.2) is 0 Å². The third kappa shape index (κ3) is 3.19. The number of para-hydroxylation sites is 2. The molecule has 0 amide bonds. The fourth-order valence-electron chi connectivity index (χ4n) is 0.744. The van der Waals surface area contributed by atoms with Gasteiger partial charge >= 0.3 is 0 Å². The molecule has 1 aromatic carbocycles. The Labute approximate surface area is 75.6 Å². The summed E-state index contributed by atoms with van der Waals surface area (Å²) >= 11 is 0. The summed E-state index contributed by atoms with van der Waals surface area (Å²) in [6, 6.07) is 7.53. The third-order valence-corrected chi connectivity index (χ3v) is 1.20. The number of nitrogens with two attached hydrogens (primary N) is 1. The first-order valence-corrected chi connectivity index (χ1v) is 4.18. The molecule has 0 atom stereocenters. The SMILES string of the molecule is CC.CC=Nc1ccccc1N.[HH]. The molecule has 0 spiro atoms. The molecule has 0 aliphatic heterocycles. The highest BCUT2D eigenvalue weighted by Crippen LogP contribution is 2.19. The van der Waals surface area contributed by atoms with E-state index in [1.54, 1.807) is 6.21 Å². The molecule has 2 N–H and O–H groups in total. The Balaban J connectivity index is 0.